The molecule has 1 amide bonds. The maximum atomic E-state index is 12.5. The Labute approximate surface area is 138 Å². The maximum absolute atomic E-state index is 12.5. The molecule has 126 valence electrons. The molecule has 2 heterocycles. The van der Waals surface area contributed by atoms with Crippen LogP contribution in [-0.2, 0) is 21.1 Å². The summed E-state index contributed by atoms with van der Waals surface area (Å²) in [5.74, 6) is 0.331. The topological polar surface area (TPSA) is 57.7 Å². The number of nitrogens with zero attached hydrogens (tertiary/aromatic N) is 2. The number of sulfone groups is 1. The number of carbonyl (C=O) groups is 1. The van der Waals surface area contributed by atoms with Crippen LogP contribution in [0.4, 0.5) is 0 Å². The third kappa shape index (κ3) is 3.58. The molecule has 0 bridgehead atoms. The number of benzene rings is 1. The van der Waals surface area contributed by atoms with Crippen LogP contribution in [0.15, 0.2) is 30.3 Å². The van der Waals surface area contributed by atoms with Crippen LogP contribution in [0.5, 0.6) is 0 Å². The summed E-state index contributed by atoms with van der Waals surface area (Å²) >= 11 is 0. The SMILES string of the molecule is CN1CCS(=O)(=O)[C@@H]2CCN(C(=O)Cc3ccccc3)CC[C@@H]21. The lowest BCUT2D eigenvalue weighted by Crippen LogP contribution is -2.52. The Morgan fingerprint density at radius 2 is 1.83 bits per heavy atom. The average Bonchev–Trinajstić information content (AvgIpc) is 2.76. The van der Waals surface area contributed by atoms with Crippen molar-refractivity contribution < 1.29 is 13.2 Å². The molecule has 2 fully saturated rings. The second-order valence-electron chi connectivity index (χ2n) is 6.57. The molecule has 1 aromatic carbocycles. The minimum absolute atomic E-state index is 0.0447. The van der Waals surface area contributed by atoms with Crippen LogP contribution in [-0.4, -0.2) is 67.9 Å². The molecule has 1 aromatic rings. The third-order valence-corrected chi connectivity index (χ3v) is 7.34. The van der Waals surface area contributed by atoms with Crippen LogP contribution in [0.3, 0.4) is 0 Å². The van der Waals surface area contributed by atoms with Crippen LogP contribution in [0.1, 0.15) is 18.4 Å². The molecular weight excluding hydrogens is 312 g/mol. The Balaban J connectivity index is 1.69. The standard InChI is InChI=1S/C17H24N2O3S/c1-18-11-12-23(21,22)16-8-10-19(9-7-15(16)18)17(20)13-14-5-3-2-4-6-14/h2-6,15-16H,7-13H2,1H3/t15-,16+/m0/s1. The molecule has 23 heavy (non-hydrogen) atoms. The number of rotatable bonds is 2. The quantitative estimate of drug-likeness (QED) is 0.807. The first-order valence-electron chi connectivity index (χ1n) is 8.21. The largest absolute Gasteiger partial charge is 0.342 e. The van der Waals surface area contributed by atoms with Gasteiger partial charge < -0.3 is 9.80 Å². The van der Waals surface area contributed by atoms with Gasteiger partial charge in [0.25, 0.3) is 0 Å². The minimum atomic E-state index is -3.03. The highest BCUT2D eigenvalue weighted by molar-refractivity contribution is 7.92. The van der Waals surface area contributed by atoms with Gasteiger partial charge in [0.05, 0.1) is 17.4 Å². The van der Waals surface area contributed by atoms with E-state index in [2.05, 4.69) is 4.90 Å². The minimum Gasteiger partial charge on any atom is -0.342 e. The molecule has 2 aliphatic heterocycles. The molecule has 5 nitrogen and oxygen atoms in total. The summed E-state index contributed by atoms with van der Waals surface area (Å²) in [6, 6.07) is 9.75. The van der Waals surface area contributed by atoms with E-state index in [-0.39, 0.29) is 23.0 Å². The van der Waals surface area contributed by atoms with Crippen molar-refractivity contribution in [2.45, 2.75) is 30.6 Å². The fourth-order valence-electron chi connectivity index (χ4n) is 3.70. The molecule has 0 aliphatic carbocycles. The molecule has 0 spiro atoms. The van der Waals surface area contributed by atoms with E-state index in [4.69, 9.17) is 0 Å². The van der Waals surface area contributed by atoms with E-state index in [9.17, 15) is 13.2 Å². The van der Waals surface area contributed by atoms with Crippen LogP contribution in [0, 0.1) is 0 Å². The van der Waals surface area contributed by atoms with Crippen molar-refractivity contribution in [2.24, 2.45) is 0 Å². The number of fused-ring (bicyclic) bond motifs is 1. The maximum Gasteiger partial charge on any atom is 0.226 e. The lowest BCUT2D eigenvalue weighted by molar-refractivity contribution is -0.130. The molecule has 2 aliphatic rings. The lowest BCUT2D eigenvalue weighted by Gasteiger charge is -2.37. The van der Waals surface area contributed by atoms with E-state index in [1.807, 2.05) is 42.3 Å². The predicted molar refractivity (Wildman–Crippen MR) is 90.0 cm³/mol. The van der Waals surface area contributed by atoms with Crippen molar-refractivity contribution in [3.63, 3.8) is 0 Å². The zero-order valence-corrected chi connectivity index (χ0v) is 14.3. The highest BCUT2D eigenvalue weighted by Crippen LogP contribution is 2.27. The molecule has 0 radical (unpaired) electrons. The highest BCUT2D eigenvalue weighted by atomic mass is 32.2. The van der Waals surface area contributed by atoms with Crippen LogP contribution in [0.25, 0.3) is 0 Å². The summed E-state index contributed by atoms with van der Waals surface area (Å²) in [4.78, 5) is 16.5. The van der Waals surface area contributed by atoms with Gasteiger partial charge in [0.2, 0.25) is 5.91 Å². The summed E-state index contributed by atoms with van der Waals surface area (Å²) in [6.07, 6.45) is 1.68. The van der Waals surface area contributed by atoms with Gasteiger partial charge in [0.1, 0.15) is 0 Å². The Hall–Kier alpha value is -1.40. The van der Waals surface area contributed by atoms with Crippen molar-refractivity contribution in [3.8, 4) is 0 Å². The summed E-state index contributed by atoms with van der Waals surface area (Å²) in [6.45, 7) is 1.79. The molecule has 0 saturated carbocycles. The van der Waals surface area contributed by atoms with Gasteiger partial charge in [-0.1, -0.05) is 30.3 Å². The van der Waals surface area contributed by atoms with Gasteiger partial charge in [-0.25, -0.2) is 8.42 Å². The van der Waals surface area contributed by atoms with Gasteiger partial charge in [0, 0.05) is 25.7 Å². The second kappa shape index (κ2) is 6.61. The number of likely N-dealkylation sites (tertiary alicyclic amines) is 1. The smallest absolute Gasteiger partial charge is 0.226 e. The van der Waals surface area contributed by atoms with Crippen molar-refractivity contribution in [1.82, 2.24) is 9.80 Å². The monoisotopic (exact) mass is 336 g/mol. The van der Waals surface area contributed by atoms with E-state index in [0.29, 0.717) is 32.5 Å². The van der Waals surface area contributed by atoms with Crippen molar-refractivity contribution in [3.05, 3.63) is 35.9 Å². The van der Waals surface area contributed by atoms with E-state index in [1.165, 1.54) is 0 Å². The van der Waals surface area contributed by atoms with E-state index in [0.717, 1.165) is 12.0 Å². The first-order valence-corrected chi connectivity index (χ1v) is 9.92. The molecule has 3 rings (SSSR count). The number of amides is 1. The first-order chi connectivity index (χ1) is 11.0. The normalized spacial score (nSPS) is 28.0. The van der Waals surface area contributed by atoms with Gasteiger partial charge in [0.15, 0.2) is 9.84 Å². The fraction of sp³-hybridized carbons (Fsp3) is 0.588. The number of carbonyl (C=O) groups excluding carboxylic acids is 1. The summed E-state index contributed by atoms with van der Waals surface area (Å²) in [5, 5.41) is -0.323. The van der Waals surface area contributed by atoms with Gasteiger partial charge >= 0.3 is 0 Å². The molecule has 6 heteroatoms. The molecular formula is C17H24N2O3S. The van der Waals surface area contributed by atoms with Gasteiger partial charge in [-0.3, -0.25) is 4.79 Å². The summed E-state index contributed by atoms with van der Waals surface area (Å²) < 4.78 is 24.7. The molecule has 2 atom stereocenters. The number of hydrogen-bond acceptors (Lipinski definition) is 4. The molecule has 0 N–H and O–H groups in total. The number of hydrogen-bond donors (Lipinski definition) is 0. The summed E-state index contributed by atoms with van der Waals surface area (Å²) in [7, 11) is -1.03. The Morgan fingerprint density at radius 1 is 1.13 bits per heavy atom. The highest BCUT2D eigenvalue weighted by Gasteiger charge is 2.41. The Morgan fingerprint density at radius 3 is 2.57 bits per heavy atom. The van der Waals surface area contributed by atoms with Crippen LogP contribution in [0.2, 0.25) is 0 Å². The average molecular weight is 336 g/mol. The van der Waals surface area contributed by atoms with Crippen molar-refractivity contribution >= 4 is 15.7 Å². The Bertz CT molecular complexity index is 660. The first kappa shape index (κ1) is 16.5. The van der Waals surface area contributed by atoms with Crippen molar-refractivity contribution in [2.75, 3.05) is 32.4 Å². The third-order valence-electron chi connectivity index (χ3n) is 5.11. The zero-order chi connectivity index (χ0) is 16.4. The van der Waals surface area contributed by atoms with Gasteiger partial charge in [-0.2, -0.15) is 0 Å². The van der Waals surface area contributed by atoms with Gasteiger partial charge in [-0.05, 0) is 25.5 Å². The zero-order valence-electron chi connectivity index (χ0n) is 13.5. The Kier molecular flexibility index (Phi) is 4.73. The molecule has 0 aromatic heterocycles. The van der Waals surface area contributed by atoms with E-state index in [1.54, 1.807) is 0 Å². The van der Waals surface area contributed by atoms with E-state index < -0.39 is 9.84 Å². The lowest BCUT2D eigenvalue weighted by atomic mass is 10.1. The van der Waals surface area contributed by atoms with Crippen molar-refractivity contribution in [1.29, 1.82) is 0 Å². The van der Waals surface area contributed by atoms with Crippen LogP contribution < -0.4 is 0 Å². The molecule has 2 saturated heterocycles. The van der Waals surface area contributed by atoms with Crippen LogP contribution >= 0.6 is 0 Å². The second-order valence-corrected chi connectivity index (χ2v) is 8.91. The summed E-state index contributed by atoms with van der Waals surface area (Å²) in [5.41, 5.74) is 1.00. The predicted octanol–water partition coefficient (Wildman–Crippen LogP) is 0.949. The van der Waals surface area contributed by atoms with Gasteiger partial charge in [-0.15, -0.1) is 0 Å². The fourth-order valence-corrected chi connectivity index (χ4v) is 5.84. The molecule has 0 unspecified atom stereocenters. The van der Waals surface area contributed by atoms with E-state index >= 15 is 0 Å².